The van der Waals surface area contributed by atoms with Crippen molar-refractivity contribution in [3.8, 4) is 0 Å². The molecule has 0 saturated carbocycles. The Morgan fingerprint density at radius 1 is 1.47 bits per heavy atom. The van der Waals surface area contributed by atoms with Crippen molar-refractivity contribution in [3.63, 3.8) is 0 Å². The van der Waals surface area contributed by atoms with Crippen molar-refractivity contribution in [3.05, 3.63) is 24.2 Å². The molecule has 0 aliphatic carbocycles. The molecular formula is C13H22N2O2. The summed E-state index contributed by atoms with van der Waals surface area (Å²) in [4.78, 5) is 4.68. The van der Waals surface area contributed by atoms with E-state index in [9.17, 15) is 0 Å². The minimum absolute atomic E-state index is 0.597. The van der Waals surface area contributed by atoms with Crippen LogP contribution in [0, 0.1) is 5.92 Å². The predicted octanol–water partition coefficient (Wildman–Crippen LogP) is 1.29. The number of furan rings is 1. The molecule has 1 fully saturated rings. The maximum Gasteiger partial charge on any atom is 0.0947 e. The van der Waals surface area contributed by atoms with Crippen molar-refractivity contribution < 1.29 is 9.15 Å². The van der Waals surface area contributed by atoms with Crippen molar-refractivity contribution in [2.45, 2.75) is 6.54 Å². The third-order valence-electron chi connectivity index (χ3n) is 3.03. The summed E-state index contributed by atoms with van der Waals surface area (Å²) in [5.74, 6) is 0.597. The molecule has 0 amide bonds. The molecule has 1 saturated heterocycles. The summed E-state index contributed by atoms with van der Waals surface area (Å²) in [6.07, 6.45) is 3.56. The second kappa shape index (κ2) is 6.19. The van der Waals surface area contributed by atoms with Crippen LogP contribution in [0.1, 0.15) is 5.56 Å². The highest BCUT2D eigenvalue weighted by Crippen LogP contribution is 2.12. The van der Waals surface area contributed by atoms with E-state index in [4.69, 9.17) is 9.15 Å². The summed E-state index contributed by atoms with van der Waals surface area (Å²) in [6.45, 7) is 5.87. The van der Waals surface area contributed by atoms with Crippen LogP contribution in [0.4, 0.5) is 0 Å². The summed E-state index contributed by atoms with van der Waals surface area (Å²) in [6, 6.07) is 2.03. The zero-order chi connectivity index (χ0) is 12.1. The van der Waals surface area contributed by atoms with Crippen LogP contribution in [0.25, 0.3) is 0 Å². The zero-order valence-corrected chi connectivity index (χ0v) is 10.8. The Hall–Kier alpha value is -0.840. The molecule has 0 radical (unpaired) electrons. The summed E-state index contributed by atoms with van der Waals surface area (Å²) < 4.78 is 10.8. The van der Waals surface area contributed by atoms with Gasteiger partial charge in [-0.3, -0.25) is 4.90 Å². The molecule has 2 heterocycles. The maximum atomic E-state index is 5.67. The van der Waals surface area contributed by atoms with Gasteiger partial charge in [0.15, 0.2) is 0 Å². The fourth-order valence-electron chi connectivity index (χ4n) is 2.36. The van der Waals surface area contributed by atoms with Gasteiger partial charge in [-0.1, -0.05) is 0 Å². The molecule has 4 heteroatoms. The predicted molar refractivity (Wildman–Crippen MR) is 66.8 cm³/mol. The first-order valence-electron chi connectivity index (χ1n) is 6.20. The van der Waals surface area contributed by atoms with E-state index in [2.05, 4.69) is 23.9 Å². The summed E-state index contributed by atoms with van der Waals surface area (Å²) in [5, 5.41) is 0. The SMILES string of the molecule is CN(C)C[C@H]1COCCN(Cc2ccoc2)C1. The number of rotatable bonds is 4. The van der Waals surface area contributed by atoms with Crippen molar-refractivity contribution in [1.82, 2.24) is 9.80 Å². The lowest BCUT2D eigenvalue weighted by atomic mass is 10.1. The van der Waals surface area contributed by atoms with Gasteiger partial charge >= 0.3 is 0 Å². The van der Waals surface area contributed by atoms with Crippen LogP contribution in [0.15, 0.2) is 23.0 Å². The molecule has 1 aliphatic heterocycles. The minimum atomic E-state index is 0.597. The van der Waals surface area contributed by atoms with E-state index in [0.717, 1.165) is 39.4 Å². The lowest BCUT2D eigenvalue weighted by Crippen LogP contribution is -2.34. The Bertz CT molecular complexity index is 311. The second-order valence-corrected chi connectivity index (χ2v) is 5.07. The van der Waals surface area contributed by atoms with E-state index >= 15 is 0 Å². The van der Waals surface area contributed by atoms with Gasteiger partial charge < -0.3 is 14.1 Å². The van der Waals surface area contributed by atoms with Gasteiger partial charge in [-0.25, -0.2) is 0 Å². The molecule has 1 atom stereocenters. The molecule has 0 aromatic carbocycles. The van der Waals surface area contributed by atoms with Crippen molar-refractivity contribution in [2.24, 2.45) is 5.92 Å². The largest absolute Gasteiger partial charge is 0.472 e. The number of hydrogen-bond donors (Lipinski definition) is 0. The van der Waals surface area contributed by atoms with Gasteiger partial charge in [0.2, 0.25) is 0 Å². The number of ether oxygens (including phenoxy) is 1. The summed E-state index contributed by atoms with van der Waals surface area (Å²) >= 11 is 0. The van der Waals surface area contributed by atoms with Crippen molar-refractivity contribution >= 4 is 0 Å². The molecule has 0 bridgehead atoms. The molecule has 17 heavy (non-hydrogen) atoms. The normalized spacial score (nSPS) is 22.9. The van der Waals surface area contributed by atoms with E-state index in [0.29, 0.717) is 5.92 Å². The molecular weight excluding hydrogens is 216 g/mol. The first-order chi connectivity index (χ1) is 8.24. The third kappa shape index (κ3) is 4.15. The first-order valence-corrected chi connectivity index (χ1v) is 6.20. The number of nitrogens with zero attached hydrogens (tertiary/aromatic N) is 2. The standard InChI is InChI=1S/C13H22N2O2/c1-14(2)7-13-9-15(4-6-17-11-13)8-12-3-5-16-10-12/h3,5,10,13H,4,6-9,11H2,1-2H3/t13-/m1/s1. The molecule has 2 rings (SSSR count). The van der Waals surface area contributed by atoms with Crippen LogP contribution in [-0.4, -0.2) is 56.7 Å². The molecule has 0 N–H and O–H groups in total. The molecule has 0 unspecified atom stereocenters. The first kappa shape index (κ1) is 12.6. The Morgan fingerprint density at radius 2 is 2.35 bits per heavy atom. The fraction of sp³-hybridized carbons (Fsp3) is 0.692. The van der Waals surface area contributed by atoms with Gasteiger partial charge in [0.1, 0.15) is 0 Å². The van der Waals surface area contributed by atoms with E-state index < -0.39 is 0 Å². The van der Waals surface area contributed by atoms with Crippen molar-refractivity contribution in [2.75, 3.05) is 46.9 Å². The maximum absolute atomic E-state index is 5.67. The van der Waals surface area contributed by atoms with Crippen LogP contribution in [0.5, 0.6) is 0 Å². The Labute approximate surface area is 103 Å². The highest BCUT2D eigenvalue weighted by Gasteiger charge is 2.19. The number of hydrogen-bond acceptors (Lipinski definition) is 4. The van der Waals surface area contributed by atoms with E-state index in [1.54, 1.807) is 6.26 Å². The minimum Gasteiger partial charge on any atom is -0.472 e. The van der Waals surface area contributed by atoms with Gasteiger partial charge in [0.25, 0.3) is 0 Å². The highest BCUT2D eigenvalue weighted by molar-refractivity contribution is 5.04. The molecule has 4 nitrogen and oxygen atoms in total. The topological polar surface area (TPSA) is 28.9 Å². The Kier molecular flexibility index (Phi) is 4.59. The van der Waals surface area contributed by atoms with E-state index in [1.807, 2.05) is 12.3 Å². The summed E-state index contributed by atoms with van der Waals surface area (Å²) in [5.41, 5.74) is 1.25. The van der Waals surface area contributed by atoms with Crippen molar-refractivity contribution in [1.29, 1.82) is 0 Å². The highest BCUT2D eigenvalue weighted by atomic mass is 16.5. The summed E-state index contributed by atoms with van der Waals surface area (Å²) in [7, 11) is 4.23. The Morgan fingerprint density at radius 3 is 3.06 bits per heavy atom. The van der Waals surface area contributed by atoms with Gasteiger partial charge in [-0.2, -0.15) is 0 Å². The fourth-order valence-corrected chi connectivity index (χ4v) is 2.36. The van der Waals surface area contributed by atoms with Crippen LogP contribution in [-0.2, 0) is 11.3 Å². The van der Waals surface area contributed by atoms with Gasteiger partial charge in [-0.15, -0.1) is 0 Å². The molecule has 0 spiro atoms. The monoisotopic (exact) mass is 238 g/mol. The van der Waals surface area contributed by atoms with Gasteiger partial charge in [-0.05, 0) is 20.2 Å². The van der Waals surface area contributed by atoms with Crippen LogP contribution in [0.3, 0.4) is 0 Å². The zero-order valence-electron chi connectivity index (χ0n) is 10.8. The third-order valence-corrected chi connectivity index (χ3v) is 3.03. The quantitative estimate of drug-likeness (QED) is 0.790. The van der Waals surface area contributed by atoms with E-state index in [-0.39, 0.29) is 0 Å². The van der Waals surface area contributed by atoms with Gasteiger partial charge in [0.05, 0.1) is 25.7 Å². The molecule has 96 valence electrons. The average Bonchev–Trinajstić information content (AvgIpc) is 2.66. The molecule has 1 aromatic rings. The van der Waals surface area contributed by atoms with Crippen LogP contribution < -0.4 is 0 Å². The average molecular weight is 238 g/mol. The van der Waals surface area contributed by atoms with Crippen LogP contribution in [0.2, 0.25) is 0 Å². The second-order valence-electron chi connectivity index (χ2n) is 5.07. The lowest BCUT2D eigenvalue weighted by Gasteiger charge is -2.24. The van der Waals surface area contributed by atoms with Gasteiger partial charge in [0, 0.05) is 37.7 Å². The van der Waals surface area contributed by atoms with Crippen LogP contribution >= 0.6 is 0 Å². The lowest BCUT2D eigenvalue weighted by molar-refractivity contribution is 0.112. The smallest absolute Gasteiger partial charge is 0.0947 e. The molecule has 1 aliphatic rings. The Balaban J connectivity index is 1.88. The van der Waals surface area contributed by atoms with E-state index in [1.165, 1.54) is 5.56 Å². The molecule has 1 aromatic heterocycles.